The lowest BCUT2D eigenvalue weighted by molar-refractivity contribution is -0.120. The van der Waals surface area contributed by atoms with Gasteiger partial charge in [-0.2, -0.15) is 4.31 Å². The van der Waals surface area contributed by atoms with Crippen LogP contribution in [0.4, 0.5) is 5.69 Å². The van der Waals surface area contributed by atoms with E-state index in [0.717, 1.165) is 5.56 Å². The molecule has 0 spiro atoms. The zero-order valence-electron chi connectivity index (χ0n) is 18.1. The summed E-state index contributed by atoms with van der Waals surface area (Å²) in [6, 6.07) is 11.6. The van der Waals surface area contributed by atoms with Gasteiger partial charge in [-0.15, -0.1) is 0 Å². The summed E-state index contributed by atoms with van der Waals surface area (Å²) >= 11 is 0. The van der Waals surface area contributed by atoms with Crippen LogP contribution in [0.25, 0.3) is 11.0 Å². The Morgan fingerprint density at radius 1 is 1.00 bits per heavy atom. The number of aryl methyl sites for hydroxylation is 1. The Hall–Kier alpha value is -2.95. The van der Waals surface area contributed by atoms with Crippen molar-refractivity contribution in [1.29, 1.82) is 0 Å². The highest BCUT2D eigenvalue weighted by Gasteiger charge is 2.30. The number of aromatic nitrogens is 2. The van der Waals surface area contributed by atoms with Crippen molar-refractivity contribution in [3.05, 3.63) is 58.5 Å². The summed E-state index contributed by atoms with van der Waals surface area (Å²) in [6.45, 7) is 5.56. The number of benzene rings is 2. The minimum Gasteiger partial charge on any atom is -0.325 e. The van der Waals surface area contributed by atoms with Crippen molar-refractivity contribution in [3.8, 4) is 0 Å². The van der Waals surface area contributed by atoms with Crippen molar-refractivity contribution in [2.24, 2.45) is 0 Å². The molecule has 3 aromatic rings. The molecule has 0 bridgehead atoms. The minimum absolute atomic E-state index is 0.183. The highest BCUT2D eigenvalue weighted by molar-refractivity contribution is 7.89. The SMILES string of the molecule is Cc1ccc(S(=O)(=O)N2CCCN(C(C)C(=O)Nc3ccc4[nH]c(=O)[nH]c4c3)CC2)cc1. The Labute approximate surface area is 186 Å². The van der Waals surface area contributed by atoms with Crippen LogP contribution in [0.15, 0.2) is 52.2 Å². The second-order valence-corrected chi connectivity index (χ2v) is 10.0. The van der Waals surface area contributed by atoms with Gasteiger partial charge in [-0.3, -0.25) is 9.69 Å². The van der Waals surface area contributed by atoms with Gasteiger partial charge in [0.1, 0.15) is 0 Å². The van der Waals surface area contributed by atoms with Crippen molar-refractivity contribution in [1.82, 2.24) is 19.2 Å². The molecule has 1 aromatic heterocycles. The molecule has 0 aliphatic carbocycles. The van der Waals surface area contributed by atoms with Gasteiger partial charge < -0.3 is 15.3 Å². The molecular formula is C22H27N5O4S. The first-order chi connectivity index (χ1) is 15.2. The lowest BCUT2D eigenvalue weighted by Crippen LogP contribution is -2.44. The Kier molecular flexibility index (Phi) is 6.18. The molecule has 1 fully saturated rings. The fourth-order valence-corrected chi connectivity index (χ4v) is 5.39. The van der Waals surface area contributed by atoms with Gasteiger partial charge in [0.2, 0.25) is 15.9 Å². The predicted octanol–water partition coefficient (Wildman–Crippen LogP) is 1.89. The van der Waals surface area contributed by atoms with Gasteiger partial charge in [-0.25, -0.2) is 13.2 Å². The molecule has 170 valence electrons. The summed E-state index contributed by atoms with van der Waals surface area (Å²) < 4.78 is 27.5. The van der Waals surface area contributed by atoms with E-state index in [9.17, 15) is 18.0 Å². The number of nitrogens with zero attached hydrogens (tertiary/aromatic N) is 2. The maximum absolute atomic E-state index is 13.0. The summed E-state index contributed by atoms with van der Waals surface area (Å²) in [6.07, 6.45) is 0.638. The number of rotatable bonds is 5. The summed E-state index contributed by atoms with van der Waals surface area (Å²) in [4.78, 5) is 31.9. The van der Waals surface area contributed by atoms with Gasteiger partial charge in [-0.05, 0) is 50.6 Å². The first kappa shape index (κ1) is 22.3. The van der Waals surface area contributed by atoms with Gasteiger partial charge in [0.25, 0.3) is 0 Å². The van der Waals surface area contributed by atoms with Crippen LogP contribution in [-0.4, -0.2) is 65.7 Å². The lowest BCUT2D eigenvalue weighted by atomic mass is 10.2. The Morgan fingerprint density at radius 2 is 1.72 bits per heavy atom. The molecule has 1 atom stereocenters. The van der Waals surface area contributed by atoms with Crippen molar-refractivity contribution in [3.63, 3.8) is 0 Å². The van der Waals surface area contributed by atoms with Crippen LogP contribution in [0.2, 0.25) is 0 Å². The van der Waals surface area contributed by atoms with Crippen LogP contribution in [0.1, 0.15) is 18.9 Å². The minimum atomic E-state index is -3.56. The molecule has 0 radical (unpaired) electrons. The zero-order valence-corrected chi connectivity index (χ0v) is 18.9. The smallest absolute Gasteiger partial charge is 0.323 e. The zero-order chi connectivity index (χ0) is 22.9. The first-order valence-corrected chi connectivity index (χ1v) is 12.0. The van der Waals surface area contributed by atoms with E-state index in [0.29, 0.717) is 54.2 Å². The fourth-order valence-electron chi connectivity index (χ4n) is 3.92. The molecule has 3 N–H and O–H groups in total. The molecule has 1 saturated heterocycles. The summed E-state index contributed by atoms with van der Waals surface area (Å²) in [5.74, 6) is -0.183. The monoisotopic (exact) mass is 457 g/mol. The van der Waals surface area contributed by atoms with Crippen LogP contribution < -0.4 is 11.0 Å². The number of anilines is 1. The van der Waals surface area contributed by atoms with E-state index < -0.39 is 16.1 Å². The maximum atomic E-state index is 13.0. The second-order valence-electron chi connectivity index (χ2n) is 8.11. The molecule has 2 aromatic carbocycles. The van der Waals surface area contributed by atoms with Gasteiger partial charge in [0.15, 0.2) is 0 Å². The van der Waals surface area contributed by atoms with Crippen molar-refractivity contribution in [2.75, 3.05) is 31.5 Å². The molecule has 1 aliphatic heterocycles. The summed E-state index contributed by atoms with van der Waals surface area (Å²) in [7, 11) is -3.56. The number of imidazole rings is 1. The maximum Gasteiger partial charge on any atom is 0.323 e. The fraction of sp³-hybridized carbons (Fsp3) is 0.364. The third-order valence-corrected chi connectivity index (χ3v) is 7.77. The predicted molar refractivity (Wildman–Crippen MR) is 123 cm³/mol. The van der Waals surface area contributed by atoms with Gasteiger partial charge >= 0.3 is 5.69 Å². The second kappa shape index (κ2) is 8.89. The molecule has 10 heteroatoms. The van der Waals surface area contributed by atoms with E-state index >= 15 is 0 Å². The molecule has 1 unspecified atom stereocenters. The van der Waals surface area contributed by atoms with Crippen LogP contribution in [0, 0.1) is 6.92 Å². The molecule has 32 heavy (non-hydrogen) atoms. The topological polar surface area (TPSA) is 118 Å². The Morgan fingerprint density at radius 3 is 2.47 bits per heavy atom. The van der Waals surface area contributed by atoms with Crippen molar-refractivity contribution in [2.45, 2.75) is 31.2 Å². The average Bonchev–Trinajstić information content (AvgIpc) is 2.96. The largest absolute Gasteiger partial charge is 0.325 e. The lowest BCUT2D eigenvalue weighted by Gasteiger charge is -2.27. The molecule has 0 saturated carbocycles. The number of H-pyrrole nitrogens is 2. The van der Waals surface area contributed by atoms with E-state index in [-0.39, 0.29) is 11.6 Å². The summed E-state index contributed by atoms with van der Waals surface area (Å²) in [5, 5.41) is 2.88. The number of hydrogen-bond acceptors (Lipinski definition) is 5. The summed E-state index contributed by atoms with van der Waals surface area (Å²) in [5.41, 5.74) is 2.58. The van der Waals surface area contributed by atoms with Gasteiger partial charge in [0, 0.05) is 31.9 Å². The normalized spacial score (nSPS) is 17.2. The molecule has 1 aliphatic rings. The number of carbonyl (C=O) groups excluding carboxylic acids is 1. The van der Waals surface area contributed by atoms with E-state index in [1.54, 1.807) is 42.5 Å². The molecular weight excluding hydrogens is 430 g/mol. The van der Waals surface area contributed by atoms with Crippen LogP contribution in [-0.2, 0) is 14.8 Å². The molecule has 2 heterocycles. The molecule has 1 amide bonds. The van der Waals surface area contributed by atoms with Crippen molar-refractivity contribution < 1.29 is 13.2 Å². The van der Waals surface area contributed by atoms with E-state index in [1.807, 2.05) is 18.7 Å². The van der Waals surface area contributed by atoms with E-state index in [4.69, 9.17) is 0 Å². The number of fused-ring (bicyclic) bond motifs is 1. The number of sulfonamides is 1. The van der Waals surface area contributed by atoms with Crippen LogP contribution in [0.5, 0.6) is 0 Å². The number of carbonyl (C=O) groups is 1. The quantitative estimate of drug-likeness (QED) is 0.541. The van der Waals surface area contributed by atoms with Crippen LogP contribution in [0.3, 0.4) is 0 Å². The Bertz CT molecular complexity index is 1280. The Balaban J connectivity index is 1.41. The van der Waals surface area contributed by atoms with Gasteiger partial charge in [0.05, 0.1) is 22.0 Å². The highest BCUT2D eigenvalue weighted by Crippen LogP contribution is 2.20. The standard InChI is InChI=1S/C22H27N5O4S/c1-15-4-7-18(8-5-15)32(30,31)27-11-3-10-26(12-13-27)16(2)21(28)23-17-6-9-19-20(14-17)25-22(29)24-19/h4-9,14,16H,3,10-13H2,1-2H3,(H,23,28)(H2,24,25,29). The highest BCUT2D eigenvalue weighted by atomic mass is 32.2. The molecule has 9 nitrogen and oxygen atoms in total. The number of amides is 1. The van der Waals surface area contributed by atoms with Crippen molar-refractivity contribution >= 4 is 32.7 Å². The van der Waals surface area contributed by atoms with Crippen LogP contribution >= 0.6 is 0 Å². The van der Waals surface area contributed by atoms with E-state index in [1.165, 1.54) is 4.31 Å². The third-order valence-electron chi connectivity index (χ3n) is 5.86. The third kappa shape index (κ3) is 4.62. The van der Waals surface area contributed by atoms with Gasteiger partial charge in [-0.1, -0.05) is 17.7 Å². The molecule has 4 rings (SSSR count). The average molecular weight is 458 g/mol. The number of nitrogens with one attached hydrogen (secondary N) is 3. The number of hydrogen-bond donors (Lipinski definition) is 3. The number of aromatic amines is 2. The first-order valence-electron chi connectivity index (χ1n) is 10.6. The van der Waals surface area contributed by atoms with E-state index in [2.05, 4.69) is 15.3 Å².